The Kier molecular flexibility index (Phi) is 44.3. The third kappa shape index (κ3) is 36.3. The van der Waals surface area contributed by atoms with Gasteiger partial charge in [-0.3, -0.25) is 5.43 Å². The molecule has 0 aliphatic rings. The molecule has 22 nitrogen and oxygen atoms in total. The summed E-state index contributed by atoms with van der Waals surface area (Å²) in [6, 6.07) is 56.5. The van der Waals surface area contributed by atoms with Crippen molar-refractivity contribution in [3.05, 3.63) is 296 Å². The van der Waals surface area contributed by atoms with E-state index in [0.29, 0.717) is 73.4 Å². The first-order valence-electron chi connectivity index (χ1n) is 31.8. The van der Waals surface area contributed by atoms with Gasteiger partial charge in [-0.05, 0) is 223 Å². The topological polar surface area (TPSA) is 386 Å². The lowest BCUT2D eigenvalue weighted by atomic mass is 10.1. The summed E-state index contributed by atoms with van der Waals surface area (Å²) in [5, 5.41) is 38.1. The average Bonchev–Trinajstić information content (AvgIpc) is 1.82. The summed E-state index contributed by atoms with van der Waals surface area (Å²) in [5.74, 6) is -1.81. The number of rotatable bonds is 15. The predicted octanol–water partition coefficient (Wildman–Crippen LogP) is 21.5. The van der Waals surface area contributed by atoms with Crippen LogP contribution in [0.1, 0.15) is 100 Å². The SMILES string of the molecule is C.C.C.C.COC(=O)c1ccccc1N.COC(=O)c1ccccc1Nc1ccc(C(F)(F)F)cc1.FC(F)(F)c1ccc(I)cc1.N.NC(=S)NNC(O)c1ccccc1Nc1ccc(C(F)(F)F)cc1.NC(N)=S.Nc1nnc(-c2ccccc2Nc2ccc(C(F)(F)F)cc2)o1.O=C(O)c1ccccc1Nc1ccc(C(F)(F)F)cc1. The van der Waals surface area contributed by atoms with Crippen LogP contribution in [-0.2, 0) is 40.4 Å². The Morgan fingerprint density at radius 2 is 0.723 bits per heavy atom. The molecule has 21 N–H and O–H groups in total. The van der Waals surface area contributed by atoms with Crippen LogP contribution in [0.5, 0.6) is 0 Å². The van der Waals surface area contributed by atoms with Crippen molar-refractivity contribution in [2.24, 2.45) is 17.2 Å². The third-order valence-electron chi connectivity index (χ3n) is 14.2. The highest BCUT2D eigenvalue weighted by molar-refractivity contribution is 14.1. The van der Waals surface area contributed by atoms with Gasteiger partial charge in [0.1, 0.15) is 6.23 Å². The standard InChI is InChI=1S/C15H15F3N4OS.C15H11F3N4O.C15H12F3NO2.C14H10F3NO2.C8H9NO2.C7H4F3I.CH4N2S.4CH4.H3N/c16-15(17,18)9-5-7-10(8-6-9)20-12-4-2-1-3-11(12)13(23)21-22-14(19)24;16-15(17,18)9-5-7-10(8-6-9)20-12-4-2-1-3-11(12)13-21-22-14(19)23-13;1-21-14(20)12-4-2-3-5-13(12)19-11-8-6-10(7-9-11)15(16,17)18;15-14(16,17)9-5-7-10(8-6-9)18-12-4-2-1-3-11(12)13(19)20;1-11-8(10)6-4-2-3-5-7(6)9;8-7(9,10)5-1-3-6(11)4-2-5;2-1(3)4;;;;;/h1-8,13,20-21,23H,(H3,19,22,24);1-8,20H,(H2,19,22);2-9,19H,1H3;1-8,18H,(H,19,20);2-5H,9H2,1H3;1-4H;(H4,2,3,4);4*1H4;1H3. The van der Waals surface area contributed by atoms with E-state index in [1.54, 1.807) is 115 Å². The van der Waals surface area contributed by atoms with E-state index in [4.69, 9.17) is 26.7 Å². The molecular formula is C79H84F15IN14O8S2. The molecular weight excluding hydrogens is 1750 g/mol. The molecule has 0 saturated heterocycles. The minimum atomic E-state index is -4.39. The second-order valence-corrected chi connectivity index (χ2v) is 24.4. The maximum Gasteiger partial charge on any atom is 0.416 e. The van der Waals surface area contributed by atoms with E-state index in [0.717, 1.165) is 64.2 Å². The molecule has 0 radical (unpaired) electrons. The molecule has 1 unspecified atom stereocenters. The Morgan fingerprint density at radius 3 is 1.07 bits per heavy atom. The number of nitrogen functional groups attached to an aromatic ring is 2. The van der Waals surface area contributed by atoms with Crippen LogP contribution in [0.25, 0.3) is 11.5 Å². The van der Waals surface area contributed by atoms with E-state index in [2.05, 4.69) is 87.7 Å². The lowest BCUT2D eigenvalue weighted by Gasteiger charge is -2.18. The summed E-state index contributed by atoms with van der Waals surface area (Å²) in [4.78, 5) is 33.5. The molecule has 0 amide bonds. The molecule has 10 aromatic carbocycles. The van der Waals surface area contributed by atoms with Crippen molar-refractivity contribution in [2.45, 2.75) is 66.8 Å². The van der Waals surface area contributed by atoms with E-state index >= 15 is 0 Å². The number of carboxylic acids is 1. The van der Waals surface area contributed by atoms with Gasteiger partial charge < -0.3 is 80.2 Å². The van der Waals surface area contributed by atoms with E-state index in [9.17, 15) is 85.3 Å². The van der Waals surface area contributed by atoms with Crippen molar-refractivity contribution in [1.82, 2.24) is 27.2 Å². The number of nitrogens with zero attached hydrogens (tertiary/aromatic N) is 2. The van der Waals surface area contributed by atoms with Gasteiger partial charge in [-0.1, -0.05) is 102 Å². The number of anilines is 10. The first kappa shape index (κ1) is 106. The fourth-order valence-electron chi connectivity index (χ4n) is 8.87. The second kappa shape index (κ2) is 49.5. The highest BCUT2D eigenvalue weighted by Crippen LogP contribution is 2.37. The molecule has 0 aliphatic carbocycles. The van der Waals surface area contributed by atoms with Gasteiger partial charge in [-0.25, -0.2) is 19.8 Å². The number of alkyl halides is 15. The lowest BCUT2D eigenvalue weighted by molar-refractivity contribution is -0.138. The fourth-order valence-corrected chi connectivity index (χ4v) is 9.29. The first-order valence-corrected chi connectivity index (χ1v) is 33.7. The molecule has 0 saturated carbocycles. The molecule has 40 heteroatoms. The summed E-state index contributed by atoms with van der Waals surface area (Å²) in [5.41, 5.74) is 32.8. The normalized spacial score (nSPS) is 10.7. The Hall–Kier alpha value is -12.5. The zero-order chi connectivity index (χ0) is 84.7. The monoisotopic (exact) mass is 1830 g/mol. The number of aliphatic hydroxyl groups excluding tert-OH is 1. The van der Waals surface area contributed by atoms with Crippen LogP contribution in [0.4, 0.5) is 123 Å². The van der Waals surface area contributed by atoms with Gasteiger partial charge in [-0.2, -0.15) is 65.9 Å². The van der Waals surface area contributed by atoms with Gasteiger partial charge in [0.15, 0.2) is 10.2 Å². The number of carbonyl (C=O) groups is 3. The van der Waals surface area contributed by atoms with Crippen LogP contribution >= 0.6 is 47.0 Å². The summed E-state index contributed by atoms with van der Waals surface area (Å²) < 4.78 is 201. The number of carboxylic acid groups (broad SMARTS) is 1. The zero-order valence-electron chi connectivity index (χ0n) is 59.4. The number of para-hydroxylation sites is 5. The van der Waals surface area contributed by atoms with Crippen LogP contribution in [0.3, 0.4) is 0 Å². The Bertz CT molecular complexity index is 4940. The number of aliphatic hydroxyl groups is 1. The number of esters is 2. The van der Waals surface area contributed by atoms with E-state index in [1.165, 1.54) is 80.9 Å². The summed E-state index contributed by atoms with van der Waals surface area (Å²) in [7, 11) is 2.59. The molecule has 0 aliphatic heterocycles. The largest absolute Gasteiger partial charge is 0.478 e. The zero-order valence-corrected chi connectivity index (χ0v) is 63.2. The average molecular weight is 1830 g/mol. The number of thiocarbonyl (C=S) groups is 2. The molecule has 1 atom stereocenters. The number of aromatic carboxylic acids is 1. The highest BCUT2D eigenvalue weighted by atomic mass is 127. The number of hydrogen-bond donors (Lipinski definition) is 14. The molecule has 642 valence electrons. The number of carbonyl (C=O) groups excluding carboxylic acids is 2. The molecule has 1 aromatic heterocycles. The number of hydrogen-bond acceptors (Lipinski definition) is 19. The summed E-state index contributed by atoms with van der Waals surface area (Å²) >= 11 is 10.7. The number of hydrazine groups is 1. The number of halogens is 16. The van der Waals surface area contributed by atoms with Crippen LogP contribution in [0.15, 0.2) is 247 Å². The Balaban J connectivity index is 0.00000140. The molecule has 11 aromatic rings. The van der Waals surface area contributed by atoms with E-state index < -0.39 is 82.8 Å². The summed E-state index contributed by atoms with van der Waals surface area (Å²) in [6.07, 6.45) is -22.9. The van der Waals surface area contributed by atoms with Gasteiger partial charge in [0.25, 0.3) is 5.89 Å². The number of nitrogens with one attached hydrogen (secondary N) is 6. The van der Waals surface area contributed by atoms with Crippen molar-refractivity contribution < 1.29 is 104 Å². The molecule has 119 heavy (non-hydrogen) atoms. The van der Waals surface area contributed by atoms with Gasteiger partial charge in [0.05, 0.1) is 81.4 Å². The second-order valence-electron chi connectivity index (χ2n) is 22.3. The summed E-state index contributed by atoms with van der Waals surface area (Å²) in [6.45, 7) is 0. The van der Waals surface area contributed by atoms with Crippen molar-refractivity contribution >= 4 is 132 Å². The van der Waals surface area contributed by atoms with Crippen LogP contribution in [-0.4, -0.2) is 62.8 Å². The highest BCUT2D eigenvalue weighted by Gasteiger charge is 2.34. The van der Waals surface area contributed by atoms with E-state index in [1.807, 2.05) is 22.6 Å². The van der Waals surface area contributed by atoms with Gasteiger partial charge >= 0.3 is 54.8 Å². The maximum atomic E-state index is 12.6. The molecule has 0 spiro atoms. The molecule has 0 bridgehead atoms. The van der Waals surface area contributed by atoms with Crippen LogP contribution in [0.2, 0.25) is 0 Å². The maximum absolute atomic E-state index is 12.6. The number of benzene rings is 10. The number of ether oxygens (including phenoxy) is 2. The fraction of sp³-hybridized carbons (Fsp3) is 0.152. The minimum Gasteiger partial charge on any atom is -0.478 e. The predicted molar refractivity (Wildman–Crippen MR) is 448 cm³/mol. The van der Waals surface area contributed by atoms with Gasteiger partial charge in [0, 0.05) is 43.3 Å². The molecule has 1 heterocycles. The number of nitrogens with two attached hydrogens (primary N) is 5. The Labute approximate surface area is 698 Å². The minimum absolute atomic E-state index is 0. The van der Waals surface area contributed by atoms with Crippen molar-refractivity contribution in [3.63, 3.8) is 0 Å². The quantitative estimate of drug-likeness (QED) is 0.00862. The van der Waals surface area contributed by atoms with Gasteiger partial charge in [0.2, 0.25) is 0 Å². The number of aromatic nitrogens is 2. The first-order chi connectivity index (χ1) is 53.5. The van der Waals surface area contributed by atoms with Gasteiger partial charge in [-0.15, -0.1) is 5.10 Å². The number of methoxy groups -OCH3 is 2. The smallest absolute Gasteiger partial charge is 0.416 e. The lowest BCUT2D eigenvalue weighted by Crippen LogP contribution is -2.43. The third-order valence-corrected chi connectivity index (χ3v) is 15.0. The molecule has 11 rings (SSSR count). The Morgan fingerprint density at radius 1 is 0.429 bits per heavy atom. The van der Waals surface area contributed by atoms with E-state index in [-0.39, 0.29) is 63.6 Å². The van der Waals surface area contributed by atoms with Crippen LogP contribution < -0.4 is 66.9 Å². The van der Waals surface area contributed by atoms with Crippen molar-refractivity contribution in [3.8, 4) is 11.5 Å². The van der Waals surface area contributed by atoms with Crippen molar-refractivity contribution in [2.75, 3.05) is 47.0 Å². The molecule has 0 fully saturated rings. The van der Waals surface area contributed by atoms with Crippen molar-refractivity contribution in [1.29, 1.82) is 0 Å². The van der Waals surface area contributed by atoms with Crippen LogP contribution in [0, 0.1) is 3.57 Å².